The van der Waals surface area contributed by atoms with Crippen LogP contribution in [-0.4, -0.2) is 20.2 Å². The third kappa shape index (κ3) is 2.82. The van der Waals surface area contributed by atoms with Crippen LogP contribution in [0.3, 0.4) is 0 Å². The van der Waals surface area contributed by atoms with Crippen molar-refractivity contribution in [3.63, 3.8) is 0 Å². The first-order chi connectivity index (χ1) is 10.7. The Bertz CT molecular complexity index is 763. The Hall–Kier alpha value is -2.34. The normalized spacial score (nSPS) is 12.3. The number of rotatable bonds is 4. The first-order valence-corrected chi connectivity index (χ1v) is 6.93. The fourth-order valence-electron chi connectivity index (χ4n) is 2.31. The van der Waals surface area contributed by atoms with Gasteiger partial charge in [-0.15, -0.1) is 0 Å². The second-order valence-corrected chi connectivity index (χ2v) is 5.12. The fraction of sp³-hybridized carbons (Fsp3) is 0.133. The Morgan fingerprint density at radius 2 is 2.09 bits per heavy atom. The van der Waals surface area contributed by atoms with Gasteiger partial charge in [0, 0.05) is 30.4 Å². The fourth-order valence-corrected chi connectivity index (χ4v) is 2.48. The van der Waals surface area contributed by atoms with Crippen LogP contribution in [0.5, 0.6) is 0 Å². The summed E-state index contributed by atoms with van der Waals surface area (Å²) in [6.07, 6.45) is 5.04. The van der Waals surface area contributed by atoms with Crippen LogP contribution < -0.4 is 0 Å². The first kappa shape index (κ1) is 14.6. The van der Waals surface area contributed by atoms with Crippen molar-refractivity contribution in [1.82, 2.24) is 20.2 Å². The highest BCUT2D eigenvalue weighted by Crippen LogP contribution is 2.32. The van der Waals surface area contributed by atoms with E-state index in [1.54, 1.807) is 24.5 Å². The van der Waals surface area contributed by atoms with Gasteiger partial charge in [0.15, 0.2) is 0 Å². The molecule has 3 aromatic rings. The largest absolute Gasteiger partial charge is 0.348 e. The van der Waals surface area contributed by atoms with Crippen LogP contribution in [0, 0.1) is 11.6 Å². The summed E-state index contributed by atoms with van der Waals surface area (Å²) in [6.45, 7) is 0. The third-order valence-electron chi connectivity index (χ3n) is 3.38. The standard InChI is InChI=1S/C15H11ClF2N4/c16-14-12(17)4-3-10(15(14)18)11(13-7-19-8-20-13)6-9-2-1-5-21-22-9/h1-5,7-8,11H,6H2,(H,19,20). The Labute approximate surface area is 130 Å². The predicted molar refractivity (Wildman–Crippen MR) is 77.5 cm³/mol. The third-order valence-corrected chi connectivity index (χ3v) is 3.72. The highest BCUT2D eigenvalue weighted by molar-refractivity contribution is 6.31. The molecule has 1 atom stereocenters. The van der Waals surface area contributed by atoms with Gasteiger partial charge in [0.2, 0.25) is 0 Å². The molecule has 0 aliphatic rings. The number of hydrogen-bond donors (Lipinski definition) is 1. The van der Waals surface area contributed by atoms with Gasteiger partial charge >= 0.3 is 0 Å². The van der Waals surface area contributed by atoms with Crippen LogP contribution >= 0.6 is 11.6 Å². The second-order valence-electron chi connectivity index (χ2n) is 4.74. The summed E-state index contributed by atoms with van der Waals surface area (Å²) in [5.74, 6) is -1.98. The van der Waals surface area contributed by atoms with E-state index in [1.807, 2.05) is 0 Å². The minimum absolute atomic E-state index is 0.279. The number of aromatic amines is 1. The van der Waals surface area contributed by atoms with E-state index in [-0.39, 0.29) is 5.56 Å². The SMILES string of the molecule is Fc1ccc(C(Cc2cccnn2)c2cnc[nH]2)c(F)c1Cl. The quantitative estimate of drug-likeness (QED) is 0.748. The summed E-state index contributed by atoms with van der Waals surface area (Å²) < 4.78 is 27.7. The number of imidazole rings is 1. The van der Waals surface area contributed by atoms with Gasteiger partial charge in [-0.3, -0.25) is 0 Å². The molecule has 2 heterocycles. The molecule has 0 bridgehead atoms. The number of benzene rings is 1. The van der Waals surface area contributed by atoms with E-state index in [2.05, 4.69) is 20.2 Å². The van der Waals surface area contributed by atoms with Gasteiger partial charge < -0.3 is 4.98 Å². The lowest BCUT2D eigenvalue weighted by Crippen LogP contribution is -2.10. The summed E-state index contributed by atoms with van der Waals surface area (Å²) >= 11 is 5.69. The Morgan fingerprint density at radius 3 is 2.77 bits per heavy atom. The zero-order valence-electron chi connectivity index (χ0n) is 11.3. The minimum atomic E-state index is -0.786. The summed E-state index contributed by atoms with van der Waals surface area (Å²) in [6, 6.07) is 6.08. The molecule has 0 amide bonds. The van der Waals surface area contributed by atoms with Crippen LogP contribution in [0.4, 0.5) is 8.78 Å². The number of H-pyrrole nitrogens is 1. The van der Waals surface area contributed by atoms with E-state index in [9.17, 15) is 8.78 Å². The number of hydrogen-bond acceptors (Lipinski definition) is 3. The lowest BCUT2D eigenvalue weighted by Gasteiger charge is -2.17. The summed E-state index contributed by atoms with van der Waals surface area (Å²) in [4.78, 5) is 6.91. The van der Waals surface area contributed by atoms with Crippen LogP contribution in [-0.2, 0) is 6.42 Å². The van der Waals surface area contributed by atoms with Gasteiger partial charge in [0.1, 0.15) is 16.7 Å². The van der Waals surface area contributed by atoms with Gasteiger partial charge in [-0.1, -0.05) is 17.7 Å². The Balaban J connectivity index is 2.05. The van der Waals surface area contributed by atoms with Crippen molar-refractivity contribution in [1.29, 1.82) is 0 Å². The highest BCUT2D eigenvalue weighted by atomic mass is 35.5. The molecule has 0 saturated carbocycles. The molecule has 3 rings (SSSR count). The molecular weight excluding hydrogens is 310 g/mol. The summed E-state index contributed by atoms with van der Waals surface area (Å²) in [5, 5.41) is 7.31. The Morgan fingerprint density at radius 1 is 1.23 bits per heavy atom. The highest BCUT2D eigenvalue weighted by Gasteiger charge is 2.23. The van der Waals surface area contributed by atoms with Gasteiger partial charge in [-0.2, -0.15) is 10.2 Å². The second kappa shape index (κ2) is 6.19. The van der Waals surface area contributed by atoms with Crippen molar-refractivity contribution in [3.05, 3.63) is 76.6 Å². The van der Waals surface area contributed by atoms with Crippen LogP contribution in [0.25, 0.3) is 0 Å². The molecule has 4 nitrogen and oxygen atoms in total. The number of halogens is 3. The molecule has 0 radical (unpaired) electrons. The van der Waals surface area contributed by atoms with Gasteiger partial charge in [-0.05, 0) is 23.8 Å². The van der Waals surface area contributed by atoms with E-state index < -0.39 is 22.6 Å². The Kier molecular flexibility index (Phi) is 4.11. The first-order valence-electron chi connectivity index (χ1n) is 6.55. The molecule has 0 aliphatic carbocycles. The van der Waals surface area contributed by atoms with E-state index in [4.69, 9.17) is 11.6 Å². The van der Waals surface area contributed by atoms with Crippen LogP contribution in [0.15, 0.2) is 43.0 Å². The average Bonchev–Trinajstić information content (AvgIpc) is 3.06. The van der Waals surface area contributed by atoms with Crippen LogP contribution in [0.1, 0.15) is 22.9 Å². The molecule has 0 saturated heterocycles. The average molecular weight is 321 g/mol. The molecule has 0 fully saturated rings. The molecule has 112 valence electrons. The van der Waals surface area contributed by atoms with Crippen molar-refractivity contribution < 1.29 is 8.78 Å². The molecule has 1 aromatic carbocycles. The monoisotopic (exact) mass is 320 g/mol. The van der Waals surface area contributed by atoms with Crippen molar-refractivity contribution in [2.75, 3.05) is 0 Å². The number of aromatic nitrogens is 4. The number of nitrogens with zero attached hydrogens (tertiary/aromatic N) is 3. The maximum atomic E-state index is 14.4. The molecule has 1 N–H and O–H groups in total. The molecule has 2 aromatic heterocycles. The maximum Gasteiger partial charge on any atom is 0.148 e. The number of nitrogens with one attached hydrogen (secondary N) is 1. The lowest BCUT2D eigenvalue weighted by atomic mass is 9.91. The van der Waals surface area contributed by atoms with Gasteiger partial charge in [-0.25, -0.2) is 13.8 Å². The van der Waals surface area contributed by atoms with Crippen molar-refractivity contribution >= 4 is 11.6 Å². The van der Waals surface area contributed by atoms with Crippen LogP contribution in [0.2, 0.25) is 5.02 Å². The zero-order valence-corrected chi connectivity index (χ0v) is 12.1. The maximum absolute atomic E-state index is 14.4. The predicted octanol–water partition coefficient (Wildman–Crippen LogP) is 3.51. The van der Waals surface area contributed by atoms with Gasteiger partial charge in [0.05, 0.1) is 12.0 Å². The van der Waals surface area contributed by atoms with E-state index in [0.717, 1.165) is 6.07 Å². The molecule has 0 spiro atoms. The minimum Gasteiger partial charge on any atom is -0.348 e. The molecule has 7 heteroatoms. The molecule has 1 unspecified atom stereocenters. The van der Waals surface area contributed by atoms with E-state index >= 15 is 0 Å². The summed E-state index contributed by atoms with van der Waals surface area (Å²) in [7, 11) is 0. The summed E-state index contributed by atoms with van der Waals surface area (Å²) in [5.41, 5.74) is 1.65. The lowest BCUT2D eigenvalue weighted by molar-refractivity contribution is 0.561. The molecule has 22 heavy (non-hydrogen) atoms. The van der Waals surface area contributed by atoms with Crippen molar-refractivity contribution in [2.45, 2.75) is 12.3 Å². The van der Waals surface area contributed by atoms with Gasteiger partial charge in [0.25, 0.3) is 0 Å². The smallest absolute Gasteiger partial charge is 0.148 e. The van der Waals surface area contributed by atoms with E-state index in [0.29, 0.717) is 17.8 Å². The zero-order chi connectivity index (χ0) is 15.5. The molecule has 0 aliphatic heterocycles. The van der Waals surface area contributed by atoms with E-state index in [1.165, 1.54) is 12.4 Å². The van der Waals surface area contributed by atoms with Crippen molar-refractivity contribution in [2.24, 2.45) is 0 Å². The topological polar surface area (TPSA) is 54.5 Å². The van der Waals surface area contributed by atoms with Crippen molar-refractivity contribution in [3.8, 4) is 0 Å². The molecular formula is C15H11ClF2N4.